The number of carbonyl (C=O) groups excluding carboxylic acids is 2. The first-order chi connectivity index (χ1) is 12.9. The molecular formula is C19H20N2O5S. The van der Waals surface area contributed by atoms with Crippen molar-refractivity contribution in [1.29, 1.82) is 5.26 Å². The van der Waals surface area contributed by atoms with Crippen LogP contribution in [0.3, 0.4) is 0 Å². The van der Waals surface area contributed by atoms with Crippen molar-refractivity contribution in [2.75, 3.05) is 18.9 Å². The normalized spacial score (nSPS) is 10.1. The zero-order chi connectivity index (χ0) is 20.0. The maximum absolute atomic E-state index is 12.0. The molecule has 0 saturated heterocycles. The van der Waals surface area contributed by atoms with E-state index in [1.54, 1.807) is 6.92 Å². The topological polar surface area (TPSA) is 112 Å². The van der Waals surface area contributed by atoms with Crippen LogP contribution in [0.25, 0.3) is 0 Å². The number of hydrogen-bond donors (Lipinski definition) is 1. The minimum absolute atomic E-state index is 0.117. The number of esters is 2. The zero-order valence-corrected chi connectivity index (χ0v) is 16.1. The minimum Gasteiger partial charge on any atom is -0.482 e. The summed E-state index contributed by atoms with van der Waals surface area (Å²) in [6.07, 6.45) is 0. The van der Waals surface area contributed by atoms with E-state index < -0.39 is 11.9 Å². The average Bonchev–Trinajstić information content (AvgIpc) is 2.96. The van der Waals surface area contributed by atoms with Gasteiger partial charge in [0.2, 0.25) is 0 Å². The maximum Gasteiger partial charge on any atom is 0.348 e. The molecule has 0 bridgehead atoms. The summed E-state index contributed by atoms with van der Waals surface area (Å²) >= 11 is 0.937. The third-order valence-electron chi connectivity index (χ3n) is 3.67. The minimum atomic E-state index is -0.626. The molecule has 2 rings (SSSR count). The highest BCUT2D eigenvalue weighted by molar-refractivity contribution is 7.18. The number of nitrogen functional groups attached to an aromatic ring is 1. The van der Waals surface area contributed by atoms with Gasteiger partial charge in [-0.05, 0) is 38.0 Å². The highest BCUT2D eigenvalue weighted by atomic mass is 32.1. The second-order valence-corrected chi connectivity index (χ2v) is 6.75. The number of rotatable bonds is 7. The maximum atomic E-state index is 12.0. The molecule has 0 aliphatic heterocycles. The van der Waals surface area contributed by atoms with Crippen LogP contribution in [0, 0.1) is 25.2 Å². The fourth-order valence-electron chi connectivity index (χ4n) is 2.30. The van der Waals surface area contributed by atoms with Crippen LogP contribution >= 0.6 is 11.3 Å². The van der Waals surface area contributed by atoms with Gasteiger partial charge in [-0.1, -0.05) is 12.1 Å². The second kappa shape index (κ2) is 9.05. The molecule has 0 radical (unpaired) electrons. The largest absolute Gasteiger partial charge is 0.482 e. The standard InChI is InChI=1S/C19H20N2O5S/c1-4-24-19(23)17-14(13(8-20)18(21)27-17)9-26-16(22)10-25-15-7-11(2)5-6-12(15)3/h5-7H,4,9-10,21H2,1-3H3. The Hall–Kier alpha value is -3.05. The molecule has 0 saturated carbocycles. The Morgan fingerprint density at radius 3 is 2.67 bits per heavy atom. The number of nitrogens with two attached hydrogens (primary N) is 1. The third-order valence-corrected chi connectivity index (χ3v) is 4.71. The molecule has 1 aromatic heterocycles. The van der Waals surface area contributed by atoms with Gasteiger partial charge in [0.1, 0.15) is 28.3 Å². The molecule has 0 fully saturated rings. The Kier molecular flexibility index (Phi) is 6.79. The molecule has 1 aromatic carbocycles. The summed E-state index contributed by atoms with van der Waals surface area (Å²) in [4.78, 5) is 24.2. The Morgan fingerprint density at radius 2 is 2.00 bits per heavy atom. The number of ether oxygens (including phenoxy) is 3. The van der Waals surface area contributed by atoms with E-state index in [1.807, 2.05) is 38.1 Å². The van der Waals surface area contributed by atoms with Crippen molar-refractivity contribution in [2.45, 2.75) is 27.4 Å². The number of anilines is 1. The molecule has 0 amide bonds. The van der Waals surface area contributed by atoms with E-state index in [9.17, 15) is 14.9 Å². The van der Waals surface area contributed by atoms with Crippen molar-refractivity contribution >= 4 is 28.3 Å². The summed E-state index contributed by atoms with van der Waals surface area (Å²) in [6.45, 7) is 5.09. The first-order valence-corrected chi connectivity index (χ1v) is 9.03. The molecule has 142 valence electrons. The van der Waals surface area contributed by atoms with E-state index in [0.29, 0.717) is 5.75 Å². The summed E-state index contributed by atoms with van der Waals surface area (Å²) in [6, 6.07) is 7.60. The van der Waals surface area contributed by atoms with Gasteiger partial charge in [0, 0.05) is 5.56 Å². The molecule has 0 spiro atoms. The first-order valence-electron chi connectivity index (χ1n) is 8.21. The van der Waals surface area contributed by atoms with Gasteiger partial charge in [-0.15, -0.1) is 11.3 Å². The number of hydrogen-bond acceptors (Lipinski definition) is 8. The first kappa shape index (κ1) is 20.3. The van der Waals surface area contributed by atoms with E-state index in [0.717, 1.165) is 22.5 Å². The van der Waals surface area contributed by atoms with E-state index in [2.05, 4.69) is 0 Å². The predicted octanol–water partition coefficient (Wildman–Crippen LogP) is 3.12. The van der Waals surface area contributed by atoms with Gasteiger partial charge in [0.15, 0.2) is 6.61 Å². The van der Waals surface area contributed by atoms with E-state index in [1.165, 1.54) is 0 Å². The third kappa shape index (κ3) is 4.99. The number of nitriles is 1. The number of benzene rings is 1. The highest BCUT2D eigenvalue weighted by Gasteiger charge is 2.24. The molecule has 27 heavy (non-hydrogen) atoms. The summed E-state index contributed by atoms with van der Waals surface area (Å²) in [5.41, 5.74) is 8.06. The second-order valence-electron chi connectivity index (χ2n) is 5.70. The van der Waals surface area contributed by atoms with E-state index in [4.69, 9.17) is 19.9 Å². The average molecular weight is 388 g/mol. The lowest BCUT2D eigenvalue weighted by atomic mass is 10.1. The molecule has 0 atom stereocenters. The summed E-state index contributed by atoms with van der Waals surface area (Å²) in [7, 11) is 0. The van der Waals surface area contributed by atoms with Crippen LogP contribution < -0.4 is 10.5 Å². The summed E-state index contributed by atoms with van der Waals surface area (Å²) in [5.74, 6) is -0.635. The van der Waals surface area contributed by atoms with Crippen LogP contribution in [-0.2, 0) is 20.9 Å². The lowest BCUT2D eigenvalue weighted by Crippen LogP contribution is -2.16. The van der Waals surface area contributed by atoms with Crippen molar-refractivity contribution in [1.82, 2.24) is 0 Å². The Bertz CT molecular complexity index is 898. The van der Waals surface area contributed by atoms with Gasteiger partial charge in [-0.2, -0.15) is 5.26 Å². The molecule has 8 heteroatoms. The zero-order valence-electron chi connectivity index (χ0n) is 15.3. The Labute approximate surface area is 161 Å². The van der Waals surface area contributed by atoms with Crippen LogP contribution in [0.2, 0.25) is 0 Å². The Balaban J connectivity index is 2.05. The molecule has 1 heterocycles. The van der Waals surface area contributed by atoms with Crippen molar-refractivity contribution in [3.05, 3.63) is 45.3 Å². The molecule has 2 aromatic rings. The molecule has 0 unspecified atom stereocenters. The fraction of sp³-hybridized carbons (Fsp3) is 0.316. The molecule has 2 N–H and O–H groups in total. The smallest absolute Gasteiger partial charge is 0.348 e. The van der Waals surface area contributed by atoms with Crippen molar-refractivity contribution in [3.63, 3.8) is 0 Å². The van der Waals surface area contributed by atoms with Gasteiger partial charge < -0.3 is 19.9 Å². The predicted molar refractivity (Wildman–Crippen MR) is 101 cm³/mol. The van der Waals surface area contributed by atoms with E-state index in [-0.39, 0.29) is 40.8 Å². The van der Waals surface area contributed by atoms with Crippen LogP contribution in [0.5, 0.6) is 5.75 Å². The molecule has 0 aliphatic rings. The lowest BCUT2D eigenvalue weighted by molar-refractivity contribution is -0.147. The summed E-state index contributed by atoms with van der Waals surface area (Å²) in [5, 5.41) is 9.44. The lowest BCUT2D eigenvalue weighted by Gasteiger charge is -2.10. The van der Waals surface area contributed by atoms with Gasteiger partial charge in [0.05, 0.1) is 12.2 Å². The van der Waals surface area contributed by atoms with Crippen LogP contribution in [0.15, 0.2) is 18.2 Å². The number of carbonyl (C=O) groups is 2. The number of aryl methyl sites for hydroxylation is 2. The van der Waals surface area contributed by atoms with Crippen LogP contribution in [0.4, 0.5) is 5.00 Å². The number of nitrogens with zero attached hydrogens (tertiary/aromatic N) is 1. The highest BCUT2D eigenvalue weighted by Crippen LogP contribution is 2.31. The van der Waals surface area contributed by atoms with Crippen molar-refractivity contribution in [3.8, 4) is 11.8 Å². The molecular weight excluding hydrogens is 368 g/mol. The summed E-state index contributed by atoms with van der Waals surface area (Å²) < 4.78 is 15.6. The van der Waals surface area contributed by atoms with Gasteiger partial charge in [0.25, 0.3) is 0 Å². The molecule has 0 aliphatic carbocycles. The SMILES string of the molecule is CCOC(=O)c1sc(N)c(C#N)c1COC(=O)COc1cc(C)ccc1C. The van der Waals surface area contributed by atoms with Gasteiger partial charge in [-0.3, -0.25) is 0 Å². The van der Waals surface area contributed by atoms with E-state index >= 15 is 0 Å². The van der Waals surface area contributed by atoms with Crippen molar-refractivity contribution < 1.29 is 23.8 Å². The molecule has 7 nitrogen and oxygen atoms in total. The van der Waals surface area contributed by atoms with Gasteiger partial charge >= 0.3 is 11.9 Å². The van der Waals surface area contributed by atoms with Crippen LogP contribution in [0.1, 0.15) is 38.8 Å². The fourth-order valence-corrected chi connectivity index (χ4v) is 3.22. The van der Waals surface area contributed by atoms with Crippen molar-refractivity contribution in [2.24, 2.45) is 0 Å². The van der Waals surface area contributed by atoms with Gasteiger partial charge in [-0.25, -0.2) is 9.59 Å². The van der Waals surface area contributed by atoms with Crippen LogP contribution in [-0.4, -0.2) is 25.2 Å². The monoisotopic (exact) mass is 388 g/mol. The quantitative estimate of drug-likeness (QED) is 0.725. The number of thiophene rings is 1. The Morgan fingerprint density at radius 1 is 1.26 bits per heavy atom.